The second-order valence-electron chi connectivity index (χ2n) is 5.82. The number of ether oxygens (including phenoxy) is 1. The zero-order valence-electron chi connectivity index (χ0n) is 13.7. The van der Waals surface area contributed by atoms with Gasteiger partial charge in [0.25, 0.3) is 0 Å². The fraction of sp³-hybridized carbons (Fsp3) is 0.278. The van der Waals surface area contributed by atoms with Crippen molar-refractivity contribution >= 4 is 44.9 Å². The first-order valence-electron chi connectivity index (χ1n) is 8.06. The summed E-state index contributed by atoms with van der Waals surface area (Å²) >= 11 is 3.24. The van der Waals surface area contributed by atoms with Gasteiger partial charge in [0, 0.05) is 10.6 Å². The molecule has 0 unspecified atom stereocenters. The molecule has 25 heavy (non-hydrogen) atoms. The number of hydrogen-bond acceptors (Lipinski definition) is 6. The predicted molar refractivity (Wildman–Crippen MR) is 103 cm³/mol. The van der Waals surface area contributed by atoms with E-state index in [2.05, 4.69) is 15.3 Å². The predicted octanol–water partition coefficient (Wildman–Crippen LogP) is 4.27. The van der Waals surface area contributed by atoms with Crippen LogP contribution in [0, 0.1) is 0 Å². The number of nitrogens with zero attached hydrogens (tertiary/aromatic N) is 2. The first kappa shape index (κ1) is 16.4. The number of amides is 1. The van der Waals surface area contributed by atoms with Crippen LogP contribution in [0.1, 0.15) is 16.9 Å². The number of aromatic nitrogens is 2. The molecule has 2 heterocycles. The number of aryl methyl sites for hydroxylation is 2. The van der Waals surface area contributed by atoms with Crippen molar-refractivity contribution in [1.29, 1.82) is 0 Å². The highest BCUT2D eigenvalue weighted by molar-refractivity contribution is 7.99. The summed E-state index contributed by atoms with van der Waals surface area (Å²) in [6.07, 6.45) is 6.84. The Labute approximate surface area is 153 Å². The molecule has 0 saturated heterocycles. The summed E-state index contributed by atoms with van der Waals surface area (Å²) in [7, 11) is 0. The van der Waals surface area contributed by atoms with Crippen molar-refractivity contribution in [1.82, 2.24) is 9.97 Å². The molecule has 4 rings (SSSR count). The monoisotopic (exact) mass is 371 g/mol. The van der Waals surface area contributed by atoms with Crippen LogP contribution in [0.4, 0.5) is 5.69 Å². The molecule has 5 nitrogen and oxygen atoms in total. The van der Waals surface area contributed by atoms with Gasteiger partial charge in [-0.2, -0.15) is 11.8 Å². The lowest BCUT2D eigenvalue weighted by Gasteiger charge is -2.08. The first-order chi connectivity index (χ1) is 12.2. The van der Waals surface area contributed by atoms with Crippen molar-refractivity contribution in [3.63, 3.8) is 0 Å². The maximum absolute atomic E-state index is 11.6. The maximum Gasteiger partial charge on any atom is 0.234 e. The third-order valence-electron chi connectivity index (χ3n) is 4.09. The molecule has 2 aromatic heterocycles. The summed E-state index contributed by atoms with van der Waals surface area (Å²) in [5.74, 6) is 1.75. The lowest BCUT2D eigenvalue weighted by Crippen LogP contribution is -2.13. The van der Waals surface area contributed by atoms with E-state index in [4.69, 9.17) is 4.74 Å². The lowest BCUT2D eigenvalue weighted by atomic mass is 10.2. The summed E-state index contributed by atoms with van der Waals surface area (Å²) in [5.41, 5.74) is 2.10. The van der Waals surface area contributed by atoms with Gasteiger partial charge in [-0.15, -0.1) is 11.3 Å². The second-order valence-corrected chi connectivity index (χ2v) is 7.77. The van der Waals surface area contributed by atoms with Gasteiger partial charge in [-0.05, 0) is 55.3 Å². The number of hydrogen-bond donors (Lipinski definition) is 1. The van der Waals surface area contributed by atoms with Gasteiger partial charge in [-0.3, -0.25) is 4.79 Å². The zero-order chi connectivity index (χ0) is 17.2. The van der Waals surface area contributed by atoms with Crippen LogP contribution < -0.4 is 10.1 Å². The fourth-order valence-corrected chi connectivity index (χ4v) is 4.58. The van der Waals surface area contributed by atoms with E-state index in [-0.39, 0.29) is 5.91 Å². The Morgan fingerprint density at radius 1 is 1.28 bits per heavy atom. The normalized spacial score (nSPS) is 13.0. The topological polar surface area (TPSA) is 64.1 Å². The lowest BCUT2D eigenvalue weighted by molar-refractivity contribution is -0.113. The smallest absolute Gasteiger partial charge is 0.234 e. The Kier molecular flexibility index (Phi) is 4.59. The Hall–Kier alpha value is -2.12. The molecule has 3 aromatic rings. The third-order valence-corrected chi connectivity index (χ3v) is 5.85. The molecule has 1 aromatic carbocycles. The van der Waals surface area contributed by atoms with E-state index in [1.807, 2.05) is 30.5 Å². The summed E-state index contributed by atoms with van der Waals surface area (Å²) < 4.78 is 6.02. The number of anilines is 1. The van der Waals surface area contributed by atoms with Crippen molar-refractivity contribution in [2.75, 3.05) is 17.3 Å². The van der Waals surface area contributed by atoms with E-state index < -0.39 is 0 Å². The van der Waals surface area contributed by atoms with Crippen molar-refractivity contribution in [2.24, 2.45) is 0 Å². The average molecular weight is 371 g/mol. The molecule has 1 N–H and O–H groups in total. The Balaban J connectivity index is 1.56. The van der Waals surface area contributed by atoms with Crippen LogP contribution in [0.25, 0.3) is 10.2 Å². The van der Waals surface area contributed by atoms with Gasteiger partial charge >= 0.3 is 0 Å². The van der Waals surface area contributed by atoms with Crippen LogP contribution in [0.5, 0.6) is 11.6 Å². The van der Waals surface area contributed by atoms with Gasteiger partial charge in [-0.1, -0.05) is 0 Å². The molecular weight excluding hydrogens is 354 g/mol. The minimum Gasteiger partial charge on any atom is -0.438 e. The molecule has 1 amide bonds. The molecule has 0 bridgehead atoms. The summed E-state index contributed by atoms with van der Waals surface area (Å²) in [4.78, 5) is 22.8. The number of benzene rings is 1. The summed E-state index contributed by atoms with van der Waals surface area (Å²) in [6.45, 7) is 0. The number of nitrogens with one attached hydrogen (secondary N) is 1. The Morgan fingerprint density at radius 2 is 2.12 bits per heavy atom. The molecule has 1 aliphatic rings. The summed E-state index contributed by atoms with van der Waals surface area (Å²) in [5, 5.41) is 3.91. The third kappa shape index (κ3) is 3.34. The van der Waals surface area contributed by atoms with Crippen LogP contribution in [0.15, 0.2) is 30.6 Å². The molecule has 0 atom stereocenters. The van der Waals surface area contributed by atoms with Crippen molar-refractivity contribution in [3.05, 3.63) is 41.0 Å². The van der Waals surface area contributed by atoms with Gasteiger partial charge in [0.05, 0.1) is 11.1 Å². The number of carbonyl (C=O) groups is 1. The van der Waals surface area contributed by atoms with Gasteiger partial charge in [0.1, 0.15) is 16.9 Å². The highest BCUT2D eigenvalue weighted by atomic mass is 32.2. The van der Waals surface area contributed by atoms with Gasteiger partial charge in [0.15, 0.2) is 0 Å². The van der Waals surface area contributed by atoms with Crippen LogP contribution in [-0.2, 0) is 17.6 Å². The number of rotatable bonds is 5. The van der Waals surface area contributed by atoms with Crippen molar-refractivity contribution in [2.45, 2.75) is 19.3 Å². The Morgan fingerprint density at radius 3 is 2.92 bits per heavy atom. The number of thiophene rings is 1. The van der Waals surface area contributed by atoms with Gasteiger partial charge in [-0.25, -0.2) is 9.97 Å². The zero-order valence-corrected chi connectivity index (χ0v) is 15.4. The van der Waals surface area contributed by atoms with Crippen molar-refractivity contribution in [3.8, 4) is 11.6 Å². The minimum absolute atomic E-state index is 0.00693. The molecule has 0 fully saturated rings. The highest BCUT2D eigenvalue weighted by Gasteiger charge is 2.22. The molecule has 128 valence electrons. The van der Waals surface area contributed by atoms with E-state index >= 15 is 0 Å². The molecule has 0 radical (unpaired) electrons. The quantitative estimate of drug-likeness (QED) is 0.725. The van der Waals surface area contributed by atoms with Crippen LogP contribution in [0.2, 0.25) is 0 Å². The van der Waals surface area contributed by atoms with E-state index in [1.54, 1.807) is 17.7 Å². The number of fused-ring (bicyclic) bond motifs is 3. The maximum atomic E-state index is 11.6. The molecular formula is C18H17N3O2S2. The van der Waals surface area contributed by atoms with Crippen LogP contribution >= 0.6 is 23.1 Å². The Bertz CT molecular complexity index is 922. The highest BCUT2D eigenvalue weighted by Crippen LogP contribution is 2.40. The van der Waals surface area contributed by atoms with E-state index in [9.17, 15) is 4.79 Å². The van der Waals surface area contributed by atoms with E-state index in [1.165, 1.54) is 28.6 Å². The minimum atomic E-state index is -0.00693. The molecule has 7 heteroatoms. The second kappa shape index (κ2) is 7.01. The molecule has 0 saturated carbocycles. The molecule has 1 aliphatic carbocycles. The number of thioether (sulfide) groups is 1. The van der Waals surface area contributed by atoms with Crippen LogP contribution in [0.3, 0.4) is 0 Å². The van der Waals surface area contributed by atoms with Gasteiger partial charge < -0.3 is 10.1 Å². The van der Waals surface area contributed by atoms with Crippen LogP contribution in [-0.4, -0.2) is 27.9 Å². The average Bonchev–Trinajstić information content (AvgIpc) is 3.18. The first-order valence-corrected chi connectivity index (χ1v) is 10.3. The largest absolute Gasteiger partial charge is 0.438 e. The summed E-state index contributed by atoms with van der Waals surface area (Å²) in [6, 6.07) is 7.36. The fourth-order valence-electron chi connectivity index (χ4n) is 3.02. The number of carbonyl (C=O) groups excluding carboxylic acids is 1. The SMILES string of the molecule is CSCC(=O)Nc1ccc(Oc2ncnc3sc4c(c23)CCC4)cc1. The molecule has 0 aliphatic heterocycles. The molecule has 0 spiro atoms. The van der Waals surface area contributed by atoms with Gasteiger partial charge in [0.2, 0.25) is 11.8 Å². The van der Waals surface area contributed by atoms with Crippen molar-refractivity contribution < 1.29 is 9.53 Å². The standard InChI is InChI=1S/C18H17N3O2S2/c1-24-9-15(22)21-11-5-7-12(8-6-11)23-17-16-13-3-2-4-14(13)25-18(16)20-10-19-17/h5-8,10H,2-4,9H2,1H3,(H,21,22). The van der Waals surface area contributed by atoms with E-state index in [0.717, 1.165) is 28.7 Å². The van der Waals surface area contributed by atoms with E-state index in [0.29, 0.717) is 17.4 Å².